The van der Waals surface area contributed by atoms with E-state index in [0.29, 0.717) is 11.4 Å². The van der Waals surface area contributed by atoms with Crippen LogP contribution in [0.1, 0.15) is 12.0 Å². The smallest absolute Gasteiger partial charge is 0.385 e. The molecule has 2 aromatic carbocycles. The first-order chi connectivity index (χ1) is 10.8. The number of rotatable bonds is 5. The van der Waals surface area contributed by atoms with Crippen molar-refractivity contribution in [2.75, 3.05) is 17.2 Å². The van der Waals surface area contributed by atoms with Gasteiger partial charge in [0, 0.05) is 24.3 Å². The second-order valence-corrected chi connectivity index (χ2v) is 4.81. The Morgan fingerprint density at radius 2 is 1.48 bits per heavy atom. The minimum Gasteiger partial charge on any atom is -0.385 e. The third-order valence-electron chi connectivity index (χ3n) is 3.02. The predicted octanol–water partition coefficient (Wildman–Crippen LogP) is 4.29. The Labute approximate surface area is 130 Å². The zero-order chi connectivity index (χ0) is 16.9. The van der Waals surface area contributed by atoms with Crippen molar-refractivity contribution in [2.45, 2.75) is 12.6 Å². The fourth-order valence-corrected chi connectivity index (χ4v) is 1.85. The zero-order valence-electron chi connectivity index (χ0n) is 12.0. The molecule has 7 heteroatoms. The summed E-state index contributed by atoms with van der Waals surface area (Å²) >= 11 is 0. The summed E-state index contributed by atoms with van der Waals surface area (Å²) in [5.74, 6) is -0.678. The topological polar surface area (TPSA) is 41.1 Å². The average molecular weight is 326 g/mol. The standard InChI is InChI=1S/C16H14F4N2O/c17-12-3-7-14(8-4-12)22-15(23)9-10-21-13-5-1-11(2-6-13)16(18,19)20/h1-8,21H,9-10H2,(H,22,23). The van der Waals surface area contributed by atoms with Gasteiger partial charge in [0.2, 0.25) is 5.91 Å². The Hall–Kier alpha value is -2.57. The highest BCUT2D eigenvalue weighted by Crippen LogP contribution is 2.29. The van der Waals surface area contributed by atoms with Crippen LogP contribution in [0, 0.1) is 5.82 Å². The second-order valence-electron chi connectivity index (χ2n) is 4.81. The number of hydrogen-bond donors (Lipinski definition) is 2. The van der Waals surface area contributed by atoms with E-state index in [1.165, 1.54) is 36.4 Å². The van der Waals surface area contributed by atoms with Gasteiger partial charge in [-0.2, -0.15) is 13.2 Å². The first kappa shape index (κ1) is 16.8. The molecule has 2 N–H and O–H groups in total. The summed E-state index contributed by atoms with van der Waals surface area (Å²) in [4.78, 5) is 11.7. The van der Waals surface area contributed by atoms with Gasteiger partial charge >= 0.3 is 6.18 Å². The quantitative estimate of drug-likeness (QED) is 0.805. The van der Waals surface area contributed by atoms with Crippen LogP contribution in [0.4, 0.5) is 28.9 Å². The Morgan fingerprint density at radius 1 is 0.913 bits per heavy atom. The van der Waals surface area contributed by atoms with Gasteiger partial charge in [0.1, 0.15) is 5.82 Å². The van der Waals surface area contributed by atoms with E-state index in [2.05, 4.69) is 10.6 Å². The van der Waals surface area contributed by atoms with Gasteiger partial charge in [0.25, 0.3) is 0 Å². The molecular weight excluding hydrogens is 312 g/mol. The van der Waals surface area contributed by atoms with Crippen molar-refractivity contribution in [1.29, 1.82) is 0 Å². The maximum atomic E-state index is 12.7. The van der Waals surface area contributed by atoms with Crippen LogP contribution in [0.2, 0.25) is 0 Å². The zero-order valence-corrected chi connectivity index (χ0v) is 12.0. The van der Waals surface area contributed by atoms with Crippen LogP contribution >= 0.6 is 0 Å². The van der Waals surface area contributed by atoms with Gasteiger partial charge in [0.05, 0.1) is 5.56 Å². The summed E-state index contributed by atoms with van der Waals surface area (Å²) in [7, 11) is 0. The molecule has 0 spiro atoms. The molecule has 0 saturated carbocycles. The lowest BCUT2D eigenvalue weighted by Crippen LogP contribution is -2.16. The van der Waals surface area contributed by atoms with E-state index >= 15 is 0 Å². The molecule has 2 aromatic rings. The number of carbonyl (C=O) groups excluding carboxylic acids is 1. The summed E-state index contributed by atoms with van der Waals surface area (Å²) < 4.78 is 50.0. The third-order valence-corrected chi connectivity index (χ3v) is 3.02. The molecule has 0 fully saturated rings. The Balaban J connectivity index is 1.78. The molecular formula is C16H14F4N2O. The molecule has 0 atom stereocenters. The summed E-state index contributed by atoms with van der Waals surface area (Å²) in [6, 6.07) is 9.91. The minimum atomic E-state index is -4.37. The summed E-state index contributed by atoms with van der Waals surface area (Å²) in [5, 5.41) is 5.45. The van der Waals surface area contributed by atoms with E-state index in [9.17, 15) is 22.4 Å². The Morgan fingerprint density at radius 3 is 2.04 bits per heavy atom. The van der Waals surface area contributed by atoms with Crippen molar-refractivity contribution in [2.24, 2.45) is 0 Å². The van der Waals surface area contributed by atoms with E-state index in [1.54, 1.807) is 0 Å². The summed E-state index contributed by atoms with van der Waals surface area (Å²) in [6.45, 7) is 0.262. The molecule has 0 heterocycles. The lowest BCUT2D eigenvalue weighted by atomic mass is 10.2. The van der Waals surface area contributed by atoms with Gasteiger partial charge in [0.15, 0.2) is 0 Å². The van der Waals surface area contributed by atoms with Gasteiger partial charge in [-0.15, -0.1) is 0 Å². The highest BCUT2D eigenvalue weighted by atomic mass is 19.4. The van der Waals surface area contributed by atoms with Gasteiger partial charge in [-0.3, -0.25) is 4.79 Å². The molecule has 0 saturated heterocycles. The number of halogens is 4. The SMILES string of the molecule is O=C(CCNc1ccc(C(F)(F)F)cc1)Nc1ccc(F)cc1. The van der Waals surface area contributed by atoms with Crippen LogP contribution in [0.15, 0.2) is 48.5 Å². The van der Waals surface area contributed by atoms with Crippen LogP contribution in [-0.4, -0.2) is 12.5 Å². The van der Waals surface area contributed by atoms with Crippen molar-refractivity contribution in [3.8, 4) is 0 Å². The molecule has 1 amide bonds. The Kier molecular flexibility index (Phi) is 5.20. The van der Waals surface area contributed by atoms with Gasteiger partial charge in [-0.05, 0) is 48.5 Å². The third kappa shape index (κ3) is 5.28. The van der Waals surface area contributed by atoms with Gasteiger partial charge in [-0.1, -0.05) is 0 Å². The van der Waals surface area contributed by atoms with E-state index < -0.39 is 17.6 Å². The van der Waals surface area contributed by atoms with Crippen LogP contribution in [-0.2, 0) is 11.0 Å². The minimum absolute atomic E-state index is 0.123. The van der Waals surface area contributed by atoms with Crippen molar-refractivity contribution < 1.29 is 22.4 Å². The predicted molar refractivity (Wildman–Crippen MR) is 79.6 cm³/mol. The van der Waals surface area contributed by atoms with Crippen LogP contribution in [0.5, 0.6) is 0 Å². The molecule has 0 aliphatic heterocycles. The number of anilines is 2. The number of carbonyl (C=O) groups is 1. The first-order valence-electron chi connectivity index (χ1n) is 6.81. The first-order valence-corrected chi connectivity index (χ1v) is 6.81. The molecule has 3 nitrogen and oxygen atoms in total. The number of benzene rings is 2. The normalized spacial score (nSPS) is 11.1. The number of alkyl halides is 3. The number of hydrogen-bond acceptors (Lipinski definition) is 2. The molecule has 0 aliphatic rings. The lowest BCUT2D eigenvalue weighted by molar-refractivity contribution is -0.137. The maximum Gasteiger partial charge on any atom is 0.416 e. The molecule has 2 rings (SSSR count). The van der Waals surface area contributed by atoms with Crippen molar-refractivity contribution >= 4 is 17.3 Å². The van der Waals surface area contributed by atoms with Gasteiger partial charge < -0.3 is 10.6 Å². The van der Waals surface area contributed by atoms with E-state index in [0.717, 1.165) is 12.1 Å². The average Bonchev–Trinajstić information content (AvgIpc) is 2.49. The van der Waals surface area contributed by atoms with Gasteiger partial charge in [-0.25, -0.2) is 4.39 Å². The second kappa shape index (κ2) is 7.13. The highest BCUT2D eigenvalue weighted by Gasteiger charge is 2.29. The molecule has 0 aliphatic carbocycles. The monoisotopic (exact) mass is 326 g/mol. The highest BCUT2D eigenvalue weighted by molar-refractivity contribution is 5.90. The molecule has 0 aromatic heterocycles. The number of nitrogens with one attached hydrogen (secondary N) is 2. The molecule has 122 valence electrons. The van der Waals surface area contributed by atoms with E-state index in [-0.39, 0.29) is 18.9 Å². The van der Waals surface area contributed by atoms with Crippen LogP contribution in [0.25, 0.3) is 0 Å². The van der Waals surface area contributed by atoms with E-state index in [1.807, 2.05) is 0 Å². The lowest BCUT2D eigenvalue weighted by Gasteiger charge is -2.10. The maximum absolute atomic E-state index is 12.7. The summed E-state index contributed by atoms with van der Waals surface area (Å²) in [6.07, 6.45) is -4.24. The molecule has 0 unspecified atom stereocenters. The molecule has 23 heavy (non-hydrogen) atoms. The van der Waals surface area contributed by atoms with Crippen LogP contribution < -0.4 is 10.6 Å². The molecule has 0 radical (unpaired) electrons. The Bertz CT molecular complexity index is 651. The largest absolute Gasteiger partial charge is 0.416 e. The fourth-order valence-electron chi connectivity index (χ4n) is 1.85. The van der Waals surface area contributed by atoms with Crippen molar-refractivity contribution in [3.63, 3.8) is 0 Å². The van der Waals surface area contributed by atoms with Crippen molar-refractivity contribution in [3.05, 3.63) is 59.9 Å². The molecule has 0 bridgehead atoms. The summed E-state index contributed by atoms with van der Waals surface area (Å²) in [5.41, 5.74) is 0.246. The van der Waals surface area contributed by atoms with E-state index in [4.69, 9.17) is 0 Å². The fraction of sp³-hybridized carbons (Fsp3) is 0.188. The van der Waals surface area contributed by atoms with Crippen LogP contribution in [0.3, 0.4) is 0 Å². The number of amides is 1. The van der Waals surface area contributed by atoms with Crippen molar-refractivity contribution in [1.82, 2.24) is 0 Å².